The molecule has 1 rings (SSSR count). The van der Waals surface area contributed by atoms with Gasteiger partial charge in [-0.1, -0.05) is 13.3 Å². The molecule has 0 bridgehead atoms. The summed E-state index contributed by atoms with van der Waals surface area (Å²) >= 11 is 0. The van der Waals surface area contributed by atoms with Crippen LogP contribution >= 0.6 is 0 Å². The fourth-order valence-corrected chi connectivity index (χ4v) is 1.86. The Kier molecular flexibility index (Phi) is 5.45. The predicted octanol–water partition coefficient (Wildman–Crippen LogP) is 1.13. The molecule has 3 unspecified atom stereocenters. The molecule has 0 aromatic rings. The van der Waals surface area contributed by atoms with Crippen LogP contribution in [0.25, 0.3) is 0 Å². The second kappa shape index (κ2) is 6.38. The van der Waals surface area contributed by atoms with E-state index in [1.54, 1.807) is 7.11 Å². The second-order valence-corrected chi connectivity index (χ2v) is 4.34. The van der Waals surface area contributed by atoms with Crippen LogP contribution in [0.4, 0.5) is 0 Å². The molecular weight excluding hydrogens is 176 g/mol. The number of methoxy groups -OCH3 is 1. The molecular formula is C11H24N2O. The van der Waals surface area contributed by atoms with Crippen LogP contribution in [0.15, 0.2) is 0 Å². The zero-order valence-corrected chi connectivity index (χ0v) is 9.46. The molecule has 3 atom stereocenters. The maximum absolute atomic E-state index is 5.91. The number of nitrogens with one attached hydrogen (secondary N) is 1. The van der Waals surface area contributed by atoms with Crippen LogP contribution in [0.3, 0.4) is 0 Å². The highest BCUT2D eigenvalue weighted by Gasteiger charge is 2.35. The summed E-state index contributed by atoms with van der Waals surface area (Å²) in [7, 11) is 1.72. The third-order valence-electron chi connectivity index (χ3n) is 2.92. The smallest absolute Gasteiger partial charge is 0.0477 e. The zero-order chi connectivity index (χ0) is 10.4. The Morgan fingerprint density at radius 3 is 3.00 bits per heavy atom. The summed E-state index contributed by atoms with van der Waals surface area (Å²) in [5, 5.41) is 3.52. The topological polar surface area (TPSA) is 47.3 Å². The molecule has 1 aliphatic carbocycles. The highest BCUT2D eigenvalue weighted by Crippen LogP contribution is 2.34. The highest BCUT2D eigenvalue weighted by atomic mass is 16.5. The van der Waals surface area contributed by atoms with E-state index in [1.165, 1.54) is 19.3 Å². The molecule has 84 valence electrons. The molecule has 0 aromatic heterocycles. The van der Waals surface area contributed by atoms with Gasteiger partial charge in [0.25, 0.3) is 0 Å². The molecule has 3 N–H and O–H groups in total. The summed E-state index contributed by atoms with van der Waals surface area (Å²) < 4.78 is 4.99. The van der Waals surface area contributed by atoms with Gasteiger partial charge in [0.2, 0.25) is 0 Å². The van der Waals surface area contributed by atoms with E-state index >= 15 is 0 Å². The van der Waals surface area contributed by atoms with Crippen LogP contribution < -0.4 is 11.1 Å². The summed E-state index contributed by atoms with van der Waals surface area (Å²) in [4.78, 5) is 0. The Balaban J connectivity index is 1.94. The maximum Gasteiger partial charge on any atom is 0.0477 e. The van der Waals surface area contributed by atoms with Crippen LogP contribution in [0, 0.1) is 5.92 Å². The Bertz CT molecular complexity index is 150. The van der Waals surface area contributed by atoms with Crippen molar-refractivity contribution in [1.82, 2.24) is 5.32 Å². The molecule has 0 aromatic carbocycles. The molecule has 0 spiro atoms. The van der Waals surface area contributed by atoms with E-state index in [4.69, 9.17) is 10.5 Å². The summed E-state index contributed by atoms with van der Waals surface area (Å²) in [6.07, 6.45) is 4.98. The van der Waals surface area contributed by atoms with Crippen molar-refractivity contribution in [3.05, 3.63) is 0 Å². The van der Waals surface area contributed by atoms with E-state index in [0.29, 0.717) is 0 Å². The lowest BCUT2D eigenvalue weighted by Gasteiger charge is -2.11. The summed E-state index contributed by atoms with van der Waals surface area (Å²) in [6, 6.07) is 1.00. The van der Waals surface area contributed by atoms with Gasteiger partial charge >= 0.3 is 0 Å². The average Bonchev–Trinajstić information content (AvgIpc) is 2.91. The van der Waals surface area contributed by atoms with Crippen LogP contribution in [0.5, 0.6) is 0 Å². The lowest BCUT2D eigenvalue weighted by atomic mass is 10.2. The lowest BCUT2D eigenvalue weighted by molar-refractivity contribution is 0.187. The van der Waals surface area contributed by atoms with Crippen molar-refractivity contribution >= 4 is 0 Å². The molecule has 3 heteroatoms. The molecule has 1 saturated carbocycles. The van der Waals surface area contributed by atoms with Crippen molar-refractivity contribution in [3.63, 3.8) is 0 Å². The summed E-state index contributed by atoms with van der Waals surface area (Å²) in [6.45, 7) is 3.96. The molecule has 0 radical (unpaired) electrons. The van der Waals surface area contributed by atoms with Gasteiger partial charge in [0, 0.05) is 32.3 Å². The van der Waals surface area contributed by atoms with Gasteiger partial charge in [0.1, 0.15) is 0 Å². The minimum atomic E-state index is 0.248. The Morgan fingerprint density at radius 2 is 2.36 bits per heavy atom. The number of ether oxygens (including phenoxy) is 1. The average molecular weight is 200 g/mol. The van der Waals surface area contributed by atoms with E-state index < -0.39 is 0 Å². The minimum Gasteiger partial charge on any atom is -0.385 e. The van der Waals surface area contributed by atoms with Crippen molar-refractivity contribution in [1.29, 1.82) is 0 Å². The summed E-state index contributed by atoms with van der Waals surface area (Å²) in [5.74, 6) is 0.926. The van der Waals surface area contributed by atoms with Gasteiger partial charge in [0.15, 0.2) is 0 Å². The number of nitrogens with two attached hydrogens (primary N) is 1. The molecule has 0 heterocycles. The van der Waals surface area contributed by atoms with Crippen molar-refractivity contribution in [3.8, 4) is 0 Å². The number of hydrogen-bond acceptors (Lipinski definition) is 3. The predicted molar refractivity (Wildman–Crippen MR) is 59.3 cm³/mol. The molecule has 0 saturated heterocycles. The normalized spacial score (nSPS) is 27.6. The quantitative estimate of drug-likeness (QED) is 0.617. The van der Waals surface area contributed by atoms with E-state index in [0.717, 1.165) is 31.5 Å². The first-order valence-electron chi connectivity index (χ1n) is 5.75. The van der Waals surface area contributed by atoms with Crippen molar-refractivity contribution in [2.75, 3.05) is 20.3 Å². The van der Waals surface area contributed by atoms with Gasteiger partial charge in [-0.05, 0) is 25.2 Å². The SMILES string of the molecule is CCCC1CC1NCC(N)CCOC. The van der Waals surface area contributed by atoms with Crippen LogP contribution in [0.2, 0.25) is 0 Å². The first kappa shape index (κ1) is 12.0. The molecule has 1 aliphatic rings. The fourth-order valence-electron chi connectivity index (χ4n) is 1.86. The van der Waals surface area contributed by atoms with Crippen molar-refractivity contribution in [2.45, 2.75) is 44.7 Å². The molecule has 0 amide bonds. The molecule has 1 fully saturated rings. The van der Waals surface area contributed by atoms with Crippen LogP contribution in [0.1, 0.15) is 32.6 Å². The van der Waals surface area contributed by atoms with Gasteiger partial charge in [-0.3, -0.25) is 0 Å². The Morgan fingerprint density at radius 1 is 1.57 bits per heavy atom. The fraction of sp³-hybridized carbons (Fsp3) is 1.00. The van der Waals surface area contributed by atoms with Crippen molar-refractivity contribution < 1.29 is 4.74 Å². The van der Waals surface area contributed by atoms with Crippen LogP contribution in [-0.2, 0) is 4.74 Å². The number of rotatable bonds is 8. The highest BCUT2D eigenvalue weighted by molar-refractivity contribution is 4.93. The minimum absolute atomic E-state index is 0.248. The van der Waals surface area contributed by atoms with E-state index in [1.807, 2.05) is 0 Å². The van der Waals surface area contributed by atoms with E-state index in [-0.39, 0.29) is 6.04 Å². The van der Waals surface area contributed by atoms with E-state index in [9.17, 15) is 0 Å². The number of hydrogen-bond donors (Lipinski definition) is 2. The molecule has 0 aliphatic heterocycles. The summed E-state index contributed by atoms with van der Waals surface area (Å²) in [5.41, 5.74) is 5.91. The Hall–Kier alpha value is -0.120. The van der Waals surface area contributed by atoms with Gasteiger partial charge in [-0.15, -0.1) is 0 Å². The van der Waals surface area contributed by atoms with Crippen molar-refractivity contribution in [2.24, 2.45) is 11.7 Å². The molecule has 14 heavy (non-hydrogen) atoms. The zero-order valence-electron chi connectivity index (χ0n) is 9.46. The van der Waals surface area contributed by atoms with Gasteiger partial charge in [0.05, 0.1) is 0 Å². The third kappa shape index (κ3) is 4.40. The standard InChI is InChI=1S/C11H24N2O/c1-3-4-9-7-11(9)13-8-10(12)5-6-14-2/h9-11,13H,3-8,12H2,1-2H3. The second-order valence-electron chi connectivity index (χ2n) is 4.34. The monoisotopic (exact) mass is 200 g/mol. The Labute approximate surface area is 87.4 Å². The molecule has 3 nitrogen and oxygen atoms in total. The van der Waals surface area contributed by atoms with Gasteiger partial charge in [-0.2, -0.15) is 0 Å². The lowest BCUT2D eigenvalue weighted by Crippen LogP contribution is -2.36. The van der Waals surface area contributed by atoms with Crippen LogP contribution in [-0.4, -0.2) is 32.3 Å². The maximum atomic E-state index is 5.91. The largest absolute Gasteiger partial charge is 0.385 e. The first-order valence-corrected chi connectivity index (χ1v) is 5.75. The van der Waals surface area contributed by atoms with Gasteiger partial charge in [-0.25, -0.2) is 0 Å². The first-order chi connectivity index (χ1) is 6.77. The van der Waals surface area contributed by atoms with E-state index in [2.05, 4.69) is 12.2 Å². The third-order valence-corrected chi connectivity index (χ3v) is 2.92. The van der Waals surface area contributed by atoms with Gasteiger partial charge < -0.3 is 15.8 Å².